The van der Waals surface area contributed by atoms with E-state index < -0.39 is 0 Å². The van der Waals surface area contributed by atoms with Gasteiger partial charge in [0.05, 0.1) is 6.04 Å². The summed E-state index contributed by atoms with van der Waals surface area (Å²) < 4.78 is 0. The minimum absolute atomic E-state index is 0. The van der Waals surface area contributed by atoms with E-state index in [4.69, 9.17) is 5.73 Å². The molecule has 1 aliphatic heterocycles. The molecule has 0 aliphatic carbocycles. The van der Waals surface area contributed by atoms with Crippen LogP contribution in [0.5, 0.6) is 0 Å². The Kier molecular flexibility index (Phi) is 10.8. The third-order valence-electron chi connectivity index (χ3n) is 4.05. The lowest BCUT2D eigenvalue weighted by atomic mass is 10.2. The quantitative estimate of drug-likeness (QED) is 0.288. The van der Waals surface area contributed by atoms with Gasteiger partial charge in [-0.2, -0.15) is 0 Å². The number of nitrogens with two attached hydrogens (primary N) is 1. The standard InChI is InChI=1S/C15H31N5O.HI/c1-5-19(6-2)15(16)17-10-8-12-20-11-7-9-13(20)14(21)18(3)4;/h13H,5-12H2,1-4H3,(H2,16,17);1H. The van der Waals surface area contributed by atoms with Crippen LogP contribution >= 0.6 is 24.0 Å². The van der Waals surface area contributed by atoms with Crippen LogP contribution in [0.25, 0.3) is 0 Å². The fraction of sp³-hybridized carbons (Fsp3) is 0.867. The molecule has 0 radical (unpaired) electrons. The molecule has 0 aromatic rings. The zero-order chi connectivity index (χ0) is 15.8. The fourth-order valence-electron chi connectivity index (χ4n) is 2.79. The van der Waals surface area contributed by atoms with E-state index in [1.54, 1.807) is 4.90 Å². The number of halogens is 1. The molecule has 2 N–H and O–H groups in total. The average Bonchev–Trinajstić information content (AvgIpc) is 2.92. The first-order chi connectivity index (χ1) is 10.0. The summed E-state index contributed by atoms with van der Waals surface area (Å²) in [7, 11) is 3.65. The van der Waals surface area contributed by atoms with Gasteiger partial charge in [0, 0.05) is 40.3 Å². The number of likely N-dealkylation sites (tertiary alicyclic amines) is 1. The molecule has 1 aliphatic rings. The smallest absolute Gasteiger partial charge is 0.239 e. The molecule has 1 unspecified atom stereocenters. The van der Waals surface area contributed by atoms with Crippen molar-refractivity contribution >= 4 is 35.8 Å². The Labute approximate surface area is 152 Å². The van der Waals surface area contributed by atoms with Gasteiger partial charge >= 0.3 is 0 Å². The summed E-state index contributed by atoms with van der Waals surface area (Å²) in [4.78, 5) is 22.6. The maximum Gasteiger partial charge on any atom is 0.239 e. The number of carbonyl (C=O) groups excluding carboxylic acids is 1. The molecule has 0 aromatic carbocycles. The number of hydrogen-bond donors (Lipinski definition) is 1. The van der Waals surface area contributed by atoms with E-state index in [0.29, 0.717) is 5.96 Å². The predicted octanol–water partition coefficient (Wildman–Crippen LogP) is 1.20. The first-order valence-electron chi connectivity index (χ1n) is 8.01. The van der Waals surface area contributed by atoms with Gasteiger partial charge in [0.25, 0.3) is 0 Å². The molecule has 1 heterocycles. The van der Waals surface area contributed by atoms with Crippen molar-refractivity contribution < 1.29 is 4.79 Å². The van der Waals surface area contributed by atoms with Gasteiger partial charge in [-0.3, -0.25) is 14.7 Å². The average molecular weight is 425 g/mol. The number of aliphatic imine (C=N–C) groups is 1. The summed E-state index contributed by atoms with van der Waals surface area (Å²) in [6, 6.07) is 0.0594. The van der Waals surface area contributed by atoms with Gasteiger partial charge in [0.15, 0.2) is 5.96 Å². The minimum atomic E-state index is 0. The highest BCUT2D eigenvalue weighted by atomic mass is 127. The van der Waals surface area contributed by atoms with Gasteiger partial charge in [0.2, 0.25) is 5.91 Å². The third kappa shape index (κ3) is 6.28. The summed E-state index contributed by atoms with van der Waals surface area (Å²) >= 11 is 0. The lowest BCUT2D eigenvalue weighted by molar-refractivity contribution is -0.133. The topological polar surface area (TPSA) is 65.2 Å². The normalized spacial score (nSPS) is 18.9. The fourth-order valence-corrected chi connectivity index (χ4v) is 2.79. The molecule has 6 nitrogen and oxygen atoms in total. The van der Waals surface area contributed by atoms with Crippen molar-refractivity contribution in [3.05, 3.63) is 0 Å². The molecule has 1 amide bonds. The van der Waals surface area contributed by atoms with Crippen LogP contribution in [0.15, 0.2) is 4.99 Å². The van der Waals surface area contributed by atoms with Gasteiger partial charge in [-0.15, -0.1) is 24.0 Å². The van der Waals surface area contributed by atoms with Crippen LogP contribution in [-0.4, -0.2) is 79.4 Å². The van der Waals surface area contributed by atoms with Crippen LogP contribution in [0.1, 0.15) is 33.1 Å². The number of carbonyl (C=O) groups is 1. The monoisotopic (exact) mass is 425 g/mol. The van der Waals surface area contributed by atoms with Crippen molar-refractivity contribution in [1.29, 1.82) is 0 Å². The number of nitrogens with zero attached hydrogens (tertiary/aromatic N) is 4. The Balaban J connectivity index is 0.00000441. The second kappa shape index (κ2) is 11.0. The van der Waals surface area contributed by atoms with E-state index in [-0.39, 0.29) is 35.9 Å². The van der Waals surface area contributed by atoms with Crippen LogP contribution in [0.2, 0.25) is 0 Å². The Bertz CT molecular complexity index is 358. The van der Waals surface area contributed by atoms with Crippen LogP contribution in [0, 0.1) is 0 Å². The van der Waals surface area contributed by atoms with Gasteiger partial charge < -0.3 is 15.5 Å². The zero-order valence-corrected chi connectivity index (χ0v) is 16.7. The van der Waals surface area contributed by atoms with Gasteiger partial charge in [-0.25, -0.2) is 0 Å². The second-order valence-electron chi connectivity index (χ2n) is 5.69. The highest BCUT2D eigenvalue weighted by molar-refractivity contribution is 14.0. The summed E-state index contributed by atoms with van der Waals surface area (Å²) in [5.41, 5.74) is 5.95. The lowest BCUT2D eigenvalue weighted by Crippen LogP contribution is -2.43. The van der Waals surface area contributed by atoms with Crippen molar-refractivity contribution in [2.24, 2.45) is 10.7 Å². The summed E-state index contributed by atoms with van der Waals surface area (Å²) in [5.74, 6) is 0.848. The lowest BCUT2D eigenvalue weighted by Gasteiger charge is -2.25. The molecular formula is C15H32IN5O. The van der Waals surface area contributed by atoms with Crippen molar-refractivity contribution in [1.82, 2.24) is 14.7 Å². The molecule has 1 atom stereocenters. The maximum absolute atomic E-state index is 12.1. The van der Waals surface area contributed by atoms with E-state index in [1.165, 1.54) is 0 Å². The minimum Gasteiger partial charge on any atom is -0.370 e. The summed E-state index contributed by atoms with van der Waals surface area (Å²) in [6.07, 6.45) is 3.02. The number of likely N-dealkylation sites (N-methyl/N-ethyl adjacent to an activating group) is 1. The first kappa shape index (κ1) is 21.4. The van der Waals surface area contributed by atoms with Gasteiger partial charge in [0.1, 0.15) is 0 Å². The Morgan fingerprint density at radius 3 is 2.50 bits per heavy atom. The van der Waals surface area contributed by atoms with Crippen molar-refractivity contribution in [3.63, 3.8) is 0 Å². The Morgan fingerprint density at radius 1 is 1.32 bits per heavy atom. The molecule has 0 saturated carbocycles. The summed E-state index contributed by atoms with van der Waals surface area (Å²) in [5, 5.41) is 0. The molecule has 22 heavy (non-hydrogen) atoms. The largest absolute Gasteiger partial charge is 0.370 e. The van der Waals surface area contributed by atoms with Crippen LogP contribution < -0.4 is 5.73 Å². The molecule has 7 heteroatoms. The van der Waals surface area contributed by atoms with Gasteiger partial charge in [-0.05, 0) is 39.7 Å². The van der Waals surface area contributed by atoms with E-state index >= 15 is 0 Å². The second-order valence-corrected chi connectivity index (χ2v) is 5.69. The molecular weight excluding hydrogens is 393 g/mol. The zero-order valence-electron chi connectivity index (χ0n) is 14.4. The maximum atomic E-state index is 12.1. The van der Waals surface area contributed by atoms with Crippen LogP contribution in [0.4, 0.5) is 0 Å². The van der Waals surface area contributed by atoms with Crippen LogP contribution in [-0.2, 0) is 4.79 Å². The van der Waals surface area contributed by atoms with Crippen molar-refractivity contribution in [2.75, 3.05) is 46.8 Å². The molecule has 0 aromatic heterocycles. The third-order valence-corrected chi connectivity index (χ3v) is 4.05. The highest BCUT2D eigenvalue weighted by Crippen LogP contribution is 2.18. The Morgan fingerprint density at radius 2 is 1.95 bits per heavy atom. The molecule has 0 spiro atoms. The molecule has 1 saturated heterocycles. The molecule has 130 valence electrons. The predicted molar refractivity (Wildman–Crippen MR) is 103 cm³/mol. The van der Waals surface area contributed by atoms with Crippen molar-refractivity contribution in [3.8, 4) is 0 Å². The van der Waals surface area contributed by atoms with E-state index in [1.807, 2.05) is 19.0 Å². The number of hydrogen-bond acceptors (Lipinski definition) is 3. The molecule has 0 bridgehead atoms. The van der Waals surface area contributed by atoms with Gasteiger partial charge in [-0.1, -0.05) is 0 Å². The number of rotatable bonds is 7. The first-order valence-corrected chi connectivity index (χ1v) is 8.01. The Hall–Kier alpha value is -0.570. The van der Waals surface area contributed by atoms with E-state index in [9.17, 15) is 4.79 Å². The highest BCUT2D eigenvalue weighted by Gasteiger charge is 2.30. The van der Waals surface area contributed by atoms with E-state index in [2.05, 4.69) is 23.7 Å². The summed E-state index contributed by atoms with van der Waals surface area (Å²) in [6.45, 7) is 8.58. The molecule has 1 fully saturated rings. The van der Waals surface area contributed by atoms with Crippen LogP contribution in [0.3, 0.4) is 0 Å². The van der Waals surface area contributed by atoms with Crippen molar-refractivity contribution in [2.45, 2.75) is 39.2 Å². The molecule has 1 rings (SSSR count). The SMILES string of the molecule is CCN(CC)C(N)=NCCCN1CCCC1C(=O)N(C)C.I. The number of amides is 1. The van der Waals surface area contributed by atoms with E-state index in [0.717, 1.165) is 52.0 Å². The number of guanidine groups is 1.